The first-order chi connectivity index (χ1) is 16.5. The Morgan fingerprint density at radius 1 is 1.11 bits per heavy atom. The van der Waals surface area contributed by atoms with Crippen LogP contribution in [0.25, 0.3) is 0 Å². The molecule has 3 unspecified atom stereocenters. The van der Waals surface area contributed by atoms with Crippen LogP contribution in [0.3, 0.4) is 0 Å². The monoisotopic (exact) mass is 522 g/mol. The molecule has 190 valence electrons. The van der Waals surface area contributed by atoms with Gasteiger partial charge in [-0.1, -0.05) is 32.1 Å². The normalized spacial score (nSPS) is 28.3. The van der Waals surface area contributed by atoms with Gasteiger partial charge in [0.15, 0.2) is 11.7 Å². The number of carbonyl (C=O) groups excluding carboxylic acids is 2. The van der Waals surface area contributed by atoms with Crippen LogP contribution in [-0.4, -0.2) is 58.1 Å². The molecule has 3 atom stereocenters. The summed E-state index contributed by atoms with van der Waals surface area (Å²) in [7, 11) is -7.87. The Morgan fingerprint density at radius 3 is 2.57 bits per heavy atom. The Bertz CT molecular complexity index is 1300. The summed E-state index contributed by atoms with van der Waals surface area (Å²) in [5, 5.41) is 2.91. The molecule has 2 aliphatic carbocycles. The summed E-state index contributed by atoms with van der Waals surface area (Å²) < 4.78 is 55.3. The van der Waals surface area contributed by atoms with Crippen molar-refractivity contribution in [3.05, 3.63) is 18.2 Å². The smallest absolute Gasteiger partial charge is 0.286 e. The number of anilines is 2. The number of amides is 1. The van der Waals surface area contributed by atoms with E-state index < -0.39 is 26.0 Å². The van der Waals surface area contributed by atoms with Gasteiger partial charge in [-0.05, 0) is 43.4 Å². The fourth-order valence-corrected chi connectivity index (χ4v) is 7.23. The van der Waals surface area contributed by atoms with Gasteiger partial charge in [-0.15, -0.1) is 4.40 Å². The van der Waals surface area contributed by atoms with E-state index in [1.807, 2.05) is 4.90 Å². The number of sulfonamides is 2. The lowest BCUT2D eigenvalue weighted by atomic mass is 9.77. The highest BCUT2D eigenvalue weighted by molar-refractivity contribution is 7.92. The standard InChI is InChI=1S/C23H30N4O6S2/c1-34(30,31)25-15-9-10-17-19(13-15)35(32,33)26-22(24-17)20-21(28)16-5-3-2-4-6-18(16)27(23(20)29)12-11-14-7-8-14/h9-10,13-14,16,18,20,25H,2-8,11-12H2,1H3,(H,24,26). The number of piperidine rings is 1. The SMILES string of the molecule is CS(=O)(=O)Nc1ccc2c(c1)S(=O)(=O)N=C(C1C(=O)C3CCCCCC3N(CCC3CC3)C1=O)N2. The van der Waals surface area contributed by atoms with E-state index in [1.165, 1.54) is 18.2 Å². The molecule has 2 aliphatic heterocycles. The molecule has 10 nitrogen and oxygen atoms in total. The molecule has 5 rings (SSSR count). The van der Waals surface area contributed by atoms with Gasteiger partial charge in [0.05, 0.1) is 11.9 Å². The van der Waals surface area contributed by atoms with Gasteiger partial charge in [0.25, 0.3) is 10.0 Å². The van der Waals surface area contributed by atoms with Crippen LogP contribution in [-0.2, 0) is 29.6 Å². The van der Waals surface area contributed by atoms with Crippen molar-refractivity contribution in [2.24, 2.45) is 22.2 Å². The summed E-state index contributed by atoms with van der Waals surface area (Å²) in [6.07, 6.45) is 8.55. The Kier molecular flexibility index (Phi) is 6.15. The third kappa shape index (κ3) is 4.95. The molecule has 0 spiro atoms. The molecule has 35 heavy (non-hydrogen) atoms. The maximum Gasteiger partial charge on any atom is 0.286 e. The average molecular weight is 523 g/mol. The van der Waals surface area contributed by atoms with E-state index in [9.17, 15) is 26.4 Å². The molecule has 1 saturated heterocycles. The van der Waals surface area contributed by atoms with Crippen LogP contribution in [0.15, 0.2) is 27.5 Å². The summed E-state index contributed by atoms with van der Waals surface area (Å²) >= 11 is 0. The number of benzene rings is 1. The van der Waals surface area contributed by atoms with Gasteiger partial charge in [-0.2, -0.15) is 8.42 Å². The molecule has 0 aromatic heterocycles. The van der Waals surface area contributed by atoms with Crippen LogP contribution < -0.4 is 10.0 Å². The molecule has 2 N–H and O–H groups in total. The molecule has 1 amide bonds. The van der Waals surface area contributed by atoms with Gasteiger partial charge in [-0.3, -0.25) is 14.3 Å². The molecular weight excluding hydrogens is 492 g/mol. The van der Waals surface area contributed by atoms with Crippen LogP contribution in [0.2, 0.25) is 0 Å². The first kappa shape index (κ1) is 24.2. The zero-order valence-electron chi connectivity index (χ0n) is 19.6. The summed E-state index contributed by atoms with van der Waals surface area (Å²) in [5.74, 6) is -1.80. The highest BCUT2D eigenvalue weighted by atomic mass is 32.2. The molecule has 2 heterocycles. The molecular formula is C23H30N4O6S2. The lowest BCUT2D eigenvalue weighted by molar-refractivity contribution is -0.150. The van der Waals surface area contributed by atoms with Crippen molar-refractivity contribution >= 4 is 48.9 Å². The minimum Gasteiger partial charge on any atom is -0.341 e. The van der Waals surface area contributed by atoms with Crippen molar-refractivity contribution in [3.63, 3.8) is 0 Å². The van der Waals surface area contributed by atoms with Crippen LogP contribution in [0.4, 0.5) is 11.4 Å². The fourth-order valence-electron chi connectivity index (χ4n) is 5.49. The second kappa shape index (κ2) is 8.88. The van der Waals surface area contributed by atoms with Crippen LogP contribution in [0.1, 0.15) is 51.4 Å². The van der Waals surface area contributed by atoms with Gasteiger partial charge in [0.2, 0.25) is 15.9 Å². The number of ketones is 1. The average Bonchev–Trinajstić information content (AvgIpc) is 3.60. The lowest BCUT2D eigenvalue weighted by Crippen LogP contribution is -2.60. The number of carbonyl (C=O) groups is 2. The fraction of sp³-hybridized carbons (Fsp3) is 0.609. The van der Waals surface area contributed by atoms with Gasteiger partial charge < -0.3 is 10.2 Å². The van der Waals surface area contributed by atoms with Crippen molar-refractivity contribution in [2.75, 3.05) is 22.8 Å². The topological polar surface area (TPSA) is 142 Å². The summed E-state index contributed by atoms with van der Waals surface area (Å²) in [6, 6.07) is 3.86. The first-order valence-electron chi connectivity index (χ1n) is 12.1. The van der Waals surface area contributed by atoms with E-state index in [0.717, 1.165) is 51.2 Å². The summed E-state index contributed by atoms with van der Waals surface area (Å²) in [5.41, 5.74) is 0.231. The lowest BCUT2D eigenvalue weighted by Gasteiger charge is -2.43. The van der Waals surface area contributed by atoms with Gasteiger partial charge in [-0.25, -0.2) is 8.42 Å². The largest absolute Gasteiger partial charge is 0.341 e. The zero-order valence-corrected chi connectivity index (χ0v) is 21.2. The van der Waals surface area contributed by atoms with Crippen molar-refractivity contribution in [1.82, 2.24) is 4.90 Å². The molecule has 2 saturated carbocycles. The van der Waals surface area contributed by atoms with Crippen LogP contribution in [0, 0.1) is 17.8 Å². The highest BCUT2D eigenvalue weighted by Gasteiger charge is 2.51. The first-order valence-corrected chi connectivity index (χ1v) is 15.4. The van der Waals surface area contributed by atoms with E-state index in [1.54, 1.807) is 0 Å². The van der Waals surface area contributed by atoms with Crippen LogP contribution in [0.5, 0.6) is 0 Å². The maximum atomic E-state index is 13.7. The maximum absolute atomic E-state index is 13.7. The minimum atomic E-state index is -4.27. The predicted molar refractivity (Wildman–Crippen MR) is 131 cm³/mol. The second-order valence-electron chi connectivity index (χ2n) is 10.1. The number of hydrogen-bond donors (Lipinski definition) is 2. The number of fused-ring (bicyclic) bond motifs is 2. The van der Waals surface area contributed by atoms with E-state index in [4.69, 9.17) is 0 Å². The molecule has 3 fully saturated rings. The van der Waals surface area contributed by atoms with Gasteiger partial charge >= 0.3 is 0 Å². The van der Waals surface area contributed by atoms with E-state index in [0.29, 0.717) is 18.9 Å². The van der Waals surface area contributed by atoms with Crippen LogP contribution >= 0.6 is 0 Å². The summed E-state index contributed by atoms with van der Waals surface area (Å²) in [6.45, 7) is 0.575. The Morgan fingerprint density at radius 2 is 1.86 bits per heavy atom. The third-order valence-electron chi connectivity index (χ3n) is 7.35. The number of Topliss-reactive ketones (excluding diaryl/α,β-unsaturated/α-hetero) is 1. The number of nitrogens with zero attached hydrogens (tertiary/aromatic N) is 2. The number of rotatable bonds is 6. The number of amidine groups is 1. The highest BCUT2D eigenvalue weighted by Crippen LogP contribution is 2.40. The quantitative estimate of drug-likeness (QED) is 0.546. The Hall–Kier alpha value is -2.47. The Labute approximate surface area is 205 Å². The van der Waals surface area contributed by atoms with Crippen molar-refractivity contribution in [3.8, 4) is 0 Å². The number of nitrogens with one attached hydrogen (secondary N) is 2. The van der Waals surface area contributed by atoms with E-state index >= 15 is 0 Å². The number of hydrogen-bond acceptors (Lipinski definition) is 7. The predicted octanol–water partition coefficient (Wildman–Crippen LogP) is 2.35. The van der Waals surface area contributed by atoms with Crippen molar-refractivity contribution in [2.45, 2.75) is 62.3 Å². The molecule has 4 aliphatic rings. The molecule has 1 aromatic rings. The molecule has 0 radical (unpaired) electrons. The number of likely N-dealkylation sites (tertiary alicyclic amines) is 1. The second-order valence-corrected chi connectivity index (χ2v) is 13.4. The molecule has 1 aromatic carbocycles. The van der Waals surface area contributed by atoms with E-state index in [-0.39, 0.29) is 45.8 Å². The van der Waals surface area contributed by atoms with Gasteiger partial charge in [0, 0.05) is 24.2 Å². The minimum absolute atomic E-state index is 0.0765. The van der Waals surface area contributed by atoms with Crippen molar-refractivity contribution < 1.29 is 26.4 Å². The summed E-state index contributed by atoms with van der Waals surface area (Å²) in [4.78, 5) is 28.9. The Balaban J connectivity index is 1.48. The third-order valence-corrected chi connectivity index (χ3v) is 9.29. The van der Waals surface area contributed by atoms with E-state index in [2.05, 4.69) is 14.4 Å². The zero-order chi connectivity index (χ0) is 25.0. The molecule has 12 heteroatoms. The van der Waals surface area contributed by atoms with Gasteiger partial charge in [0.1, 0.15) is 10.7 Å². The molecule has 0 bridgehead atoms. The van der Waals surface area contributed by atoms with Crippen molar-refractivity contribution in [1.29, 1.82) is 0 Å².